The Morgan fingerprint density at radius 3 is 2.39 bits per heavy atom. The fraction of sp³-hybridized carbons (Fsp3) is 0.375. The summed E-state index contributed by atoms with van der Waals surface area (Å²) in [5.41, 5.74) is 4.85. The van der Waals surface area contributed by atoms with Gasteiger partial charge in [0.05, 0.1) is 23.0 Å². The number of fused-ring (bicyclic) bond motifs is 5. The highest BCUT2D eigenvalue weighted by Crippen LogP contribution is 2.48. The zero-order valence-corrected chi connectivity index (χ0v) is 23.6. The van der Waals surface area contributed by atoms with Crippen molar-refractivity contribution < 1.29 is 24.2 Å². The number of hydrogen-bond acceptors (Lipinski definition) is 6. The highest BCUT2D eigenvalue weighted by atomic mass is 35.5. The highest BCUT2D eigenvalue weighted by molar-refractivity contribution is 6.33. The molecule has 3 N–H and O–H groups in total. The maximum absolute atomic E-state index is 13.0. The number of aryl methyl sites for hydroxylation is 1. The first kappa shape index (κ1) is 27.7. The third kappa shape index (κ3) is 6.11. The van der Waals surface area contributed by atoms with Gasteiger partial charge in [-0.15, -0.1) is 0 Å². The number of piperidine rings is 1. The monoisotopic (exact) mass is 575 g/mol. The number of rotatable bonds is 9. The van der Waals surface area contributed by atoms with E-state index in [-0.39, 0.29) is 18.6 Å². The number of likely N-dealkylation sites (N-methyl/N-ethyl adjacent to an activating group) is 1. The Morgan fingerprint density at radius 1 is 0.976 bits per heavy atom. The van der Waals surface area contributed by atoms with Gasteiger partial charge in [-0.3, -0.25) is 15.0 Å². The number of hydrogen-bond donors (Lipinski definition) is 3. The number of nitrogens with zero attached hydrogens (tertiary/aromatic N) is 1. The van der Waals surface area contributed by atoms with Crippen molar-refractivity contribution in [3.63, 3.8) is 0 Å². The smallest absolute Gasteiger partial charge is 0.411 e. The standard InChI is InChI=1S/C32H34ClN3O5/c1-36-27-16-22(17-28(36)31-30(27)41-31)40-32(39)35-25-12-10-19(14-23(25)21-7-3-2-4-8-21)6-5-9-29(38)34-26-13-11-20(18-37)15-24(26)33/h2-4,7-8,10-15,22,27-28,30-31,37H,5-6,9,16-18H2,1H3,(H,34,38)(H,35,39)/t22?,27-,28-,30-,31+/m0/s1. The topological polar surface area (TPSA) is 103 Å². The fourth-order valence-electron chi connectivity index (χ4n) is 6.22. The van der Waals surface area contributed by atoms with Crippen molar-refractivity contribution in [1.82, 2.24) is 4.90 Å². The van der Waals surface area contributed by atoms with Gasteiger partial charge in [0.1, 0.15) is 18.3 Å². The molecular weight excluding hydrogens is 542 g/mol. The summed E-state index contributed by atoms with van der Waals surface area (Å²) in [5, 5.41) is 15.5. The number of halogens is 1. The zero-order valence-electron chi connectivity index (χ0n) is 22.9. The van der Waals surface area contributed by atoms with Gasteiger partial charge in [-0.1, -0.05) is 54.1 Å². The number of nitrogens with one attached hydrogen (secondary N) is 2. The molecule has 5 atom stereocenters. The quantitative estimate of drug-likeness (QED) is 0.286. The summed E-state index contributed by atoms with van der Waals surface area (Å²) >= 11 is 6.22. The summed E-state index contributed by atoms with van der Waals surface area (Å²) in [6, 6.07) is 21.6. The van der Waals surface area contributed by atoms with E-state index in [1.807, 2.05) is 42.5 Å². The number of benzene rings is 3. The maximum atomic E-state index is 13.0. The summed E-state index contributed by atoms with van der Waals surface area (Å²) in [5.74, 6) is -0.126. The van der Waals surface area contributed by atoms with Crippen LogP contribution in [-0.2, 0) is 27.3 Å². The third-order valence-electron chi connectivity index (χ3n) is 8.41. The van der Waals surface area contributed by atoms with Crippen LogP contribution in [-0.4, -0.2) is 59.5 Å². The number of amides is 2. The first-order valence-electron chi connectivity index (χ1n) is 14.1. The van der Waals surface area contributed by atoms with Crippen LogP contribution in [0.2, 0.25) is 5.02 Å². The van der Waals surface area contributed by atoms with Crippen LogP contribution in [0.25, 0.3) is 11.1 Å². The molecule has 0 saturated carbocycles. The molecule has 9 heteroatoms. The Kier molecular flexibility index (Phi) is 7.99. The van der Waals surface area contributed by atoms with Gasteiger partial charge < -0.3 is 19.9 Å². The largest absolute Gasteiger partial charge is 0.446 e. The van der Waals surface area contributed by atoms with E-state index in [9.17, 15) is 14.7 Å². The number of anilines is 2. The van der Waals surface area contributed by atoms with Gasteiger partial charge in [-0.2, -0.15) is 0 Å². The second-order valence-corrected chi connectivity index (χ2v) is 11.5. The molecule has 2 bridgehead atoms. The normalized spacial score (nSPS) is 24.4. The Hall–Kier alpha value is -3.43. The van der Waals surface area contributed by atoms with Gasteiger partial charge in [0, 0.05) is 36.9 Å². The van der Waals surface area contributed by atoms with Gasteiger partial charge in [0.2, 0.25) is 5.91 Å². The van der Waals surface area contributed by atoms with Gasteiger partial charge in [0.25, 0.3) is 0 Å². The van der Waals surface area contributed by atoms with Crippen LogP contribution in [0, 0.1) is 0 Å². The number of epoxide rings is 1. The highest BCUT2D eigenvalue weighted by Gasteiger charge is 2.62. The second-order valence-electron chi connectivity index (χ2n) is 11.1. The SMILES string of the molecule is CN1[C@H]2CC(OC(=O)Nc3ccc(CCCC(=O)Nc4ccc(CO)cc4Cl)cc3-c3ccccc3)C[C@H]1[C@H]1O[C@H]12. The lowest BCUT2D eigenvalue weighted by Crippen LogP contribution is -2.48. The van der Waals surface area contributed by atoms with Crippen LogP contribution in [0.3, 0.4) is 0 Å². The first-order valence-corrected chi connectivity index (χ1v) is 14.5. The maximum Gasteiger partial charge on any atom is 0.411 e. The number of aliphatic hydroxyl groups excluding tert-OH is 1. The third-order valence-corrected chi connectivity index (χ3v) is 8.73. The lowest BCUT2D eigenvalue weighted by Gasteiger charge is -2.37. The number of ether oxygens (including phenoxy) is 2. The molecule has 3 heterocycles. The number of morpholine rings is 1. The van der Waals surface area contributed by atoms with Crippen molar-refractivity contribution >= 4 is 35.0 Å². The van der Waals surface area contributed by atoms with E-state index < -0.39 is 6.09 Å². The molecule has 1 unspecified atom stereocenters. The summed E-state index contributed by atoms with van der Waals surface area (Å²) in [4.78, 5) is 27.9. The van der Waals surface area contributed by atoms with Crippen LogP contribution in [0.15, 0.2) is 66.7 Å². The van der Waals surface area contributed by atoms with E-state index in [4.69, 9.17) is 21.1 Å². The van der Waals surface area contributed by atoms with Crippen molar-refractivity contribution in [3.8, 4) is 11.1 Å². The molecule has 41 heavy (non-hydrogen) atoms. The molecular formula is C32H34ClN3O5. The van der Waals surface area contributed by atoms with Gasteiger partial charge in [0.15, 0.2) is 0 Å². The van der Waals surface area contributed by atoms with Crippen molar-refractivity contribution in [2.75, 3.05) is 17.7 Å². The predicted octanol–water partition coefficient (Wildman–Crippen LogP) is 5.62. The van der Waals surface area contributed by atoms with E-state index >= 15 is 0 Å². The van der Waals surface area contributed by atoms with Crippen molar-refractivity contribution in [2.45, 2.75) is 69.1 Å². The summed E-state index contributed by atoms with van der Waals surface area (Å²) in [6.07, 6.45) is 3.27. The van der Waals surface area contributed by atoms with E-state index in [2.05, 4.69) is 28.6 Å². The summed E-state index contributed by atoms with van der Waals surface area (Å²) in [7, 11) is 2.13. The zero-order chi connectivity index (χ0) is 28.5. The van der Waals surface area contributed by atoms with Crippen LogP contribution < -0.4 is 10.6 Å². The Bertz CT molecular complexity index is 1420. The summed E-state index contributed by atoms with van der Waals surface area (Å²) in [6.45, 7) is -0.107. The molecule has 3 aliphatic rings. The molecule has 2 amide bonds. The molecule has 0 aromatic heterocycles. The minimum atomic E-state index is -0.444. The fourth-order valence-corrected chi connectivity index (χ4v) is 6.47. The van der Waals surface area contributed by atoms with Gasteiger partial charge >= 0.3 is 6.09 Å². The van der Waals surface area contributed by atoms with Gasteiger partial charge in [-0.05, 0) is 60.8 Å². The second kappa shape index (κ2) is 11.8. The number of carbonyl (C=O) groups is 2. The average molecular weight is 576 g/mol. The molecule has 3 fully saturated rings. The number of carbonyl (C=O) groups excluding carboxylic acids is 2. The minimum absolute atomic E-state index is 0.107. The van der Waals surface area contributed by atoms with Crippen molar-refractivity contribution in [2.24, 2.45) is 0 Å². The van der Waals surface area contributed by atoms with E-state index in [1.54, 1.807) is 18.2 Å². The Morgan fingerprint density at radius 2 is 1.68 bits per heavy atom. The Balaban J connectivity index is 1.07. The van der Waals surface area contributed by atoms with Crippen LogP contribution in [0.5, 0.6) is 0 Å². The average Bonchev–Trinajstić information content (AvgIpc) is 3.74. The molecule has 8 nitrogen and oxygen atoms in total. The van der Waals surface area contributed by atoms with E-state index in [0.29, 0.717) is 65.5 Å². The molecule has 3 aromatic rings. The molecule has 214 valence electrons. The molecule has 0 spiro atoms. The number of aliphatic hydroxyl groups is 1. The molecule has 3 aromatic carbocycles. The van der Waals surface area contributed by atoms with E-state index in [1.165, 1.54) is 0 Å². The lowest BCUT2D eigenvalue weighted by molar-refractivity contribution is -0.116. The first-order chi connectivity index (χ1) is 19.9. The van der Waals surface area contributed by atoms with E-state index in [0.717, 1.165) is 29.5 Å². The van der Waals surface area contributed by atoms with Crippen LogP contribution >= 0.6 is 11.6 Å². The molecule has 3 aliphatic heterocycles. The van der Waals surface area contributed by atoms with Crippen LogP contribution in [0.1, 0.15) is 36.8 Å². The van der Waals surface area contributed by atoms with Crippen molar-refractivity contribution in [1.29, 1.82) is 0 Å². The van der Waals surface area contributed by atoms with Gasteiger partial charge in [-0.25, -0.2) is 4.79 Å². The molecule has 0 aliphatic carbocycles. The van der Waals surface area contributed by atoms with Crippen molar-refractivity contribution in [3.05, 3.63) is 82.9 Å². The lowest BCUT2D eigenvalue weighted by atomic mass is 9.98. The predicted molar refractivity (Wildman–Crippen MR) is 158 cm³/mol. The van der Waals surface area contributed by atoms with Crippen LogP contribution in [0.4, 0.5) is 16.2 Å². The minimum Gasteiger partial charge on any atom is -0.446 e. The Labute approximate surface area is 244 Å². The molecule has 6 rings (SSSR count). The molecule has 0 radical (unpaired) electrons. The molecule has 3 saturated heterocycles. The summed E-state index contributed by atoms with van der Waals surface area (Å²) < 4.78 is 11.6.